The average Bonchev–Trinajstić information content (AvgIpc) is 2.15. The Hall–Kier alpha value is -1.83. The molecule has 0 saturated heterocycles. The van der Waals surface area contributed by atoms with Gasteiger partial charge in [0.25, 0.3) is 5.12 Å². The Morgan fingerprint density at radius 3 is 2.47 bits per heavy atom. The van der Waals surface area contributed by atoms with E-state index in [0.29, 0.717) is 0 Å². The van der Waals surface area contributed by atoms with Crippen LogP contribution in [-0.2, 0) is 9.84 Å². The molecule has 1 heterocycles. The van der Waals surface area contributed by atoms with Gasteiger partial charge in [0.2, 0.25) is 15.7 Å². The van der Waals surface area contributed by atoms with Crippen LogP contribution < -0.4 is 0 Å². The molecule has 80 valence electrons. The first-order chi connectivity index (χ1) is 6.82. The van der Waals surface area contributed by atoms with Gasteiger partial charge in [-0.1, -0.05) is 0 Å². The predicted molar refractivity (Wildman–Crippen MR) is 48.2 cm³/mol. The molecule has 0 spiro atoms. The van der Waals surface area contributed by atoms with E-state index in [2.05, 4.69) is 9.97 Å². The fraction of sp³-hybridized carbons (Fsp3) is 0.143. The highest BCUT2D eigenvalue weighted by molar-refractivity contribution is 8.06. The molecule has 0 aliphatic carbocycles. The minimum atomic E-state index is -3.92. The van der Waals surface area contributed by atoms with Crippen molar-refractivity contribution in [2.45, 2.75) is 0 Å². The van der Waals surface area contributed by atoms with Gasteiger partial charge in [0, 0.05) is 12.5 Å². The lowest BCUT2D eigenvalue weighted by Gasteiger charge is -1.97. The summed E-state index contributed by atoms with van der Waals surface area (Å²) in [5.41, 5.74) is -0.454. The van der Waals surface area contributed by atoms with E-state index >= 15 is 0 Å². The van der Waals surface area contributed by atoms with Gasteiger partial charge in [0.1, 0.15) is 5.69 Å². The maximum atomic E-state index is 11.2. The first-order valence-corrected chi connectivity index (χ1v) is 5.52. The summed E-state index contributed by atoms with van der Waals surface area (Å²) in [5, 5.41) is 7.28. The number of carbonyl (C=O) groups excluding carboxylic acids is 1. The zero-order chi connectivity index (χ0) is 11.6. The smallest absolute Gasteiger partial charge is 0.373 e. The minimum Gasteiger partial charge on any atom is -0.475 e. The monoisotopic (exact) mass is 230 g/mol. The maximum Gasteiger partial charge on any atom is 0.373 e. The summed E-state index contributed by atoms with van der Waals surface area (Å²) in [6, 6.07) is 1.04. The fourth-order valence-electron chi connectivity index (χ4n) is 0.765. The molecule has 0 radical (unpaired) electrons. The van der Waals surface area contributed by atoms with Crippen molar-refractivity contribution >= 4 is 20.9 Å². The van der Waals surface area contributed by atoms with E-state index < -0.39 is 32.4 Å². The number of aromatic nitrogens is 2. The van der Waals surface area contributed by atoms with E-state index in [0.717, 1.165) is 18.5 Å². The quantitative estimate of drug-likeness (QED) is 0.718. The van der Waals surface area contributed by atoms with Crippen LogP contribution in [0.4, 0.5) is 0 Å². The summed E-state index contributed by atoms with van der Waals surface area (Å²) in [7, 11) is -3.92. The predicted octanol–water partition coefficient (Wildman–Crippen LogP) is -0.640. The Kier molecular flexibility index (Phi) is 2.80. The minimum absolute atomic E-state index is 0.454. The first kappa shape index (κ1) is 11.2. The first-order valence-electron chi connectivity index (χ1n) is 3.63. The van der Waals surface area contributed by atoms with Crippen LogP contribution in [0.15, 0.2) is 12.3 Å². The molecule has 1 aromatic rings. The third-order valence-corrected chi connectivity index (χ3v) is 2.28. The Labute approximate surface area is 84.7 Å². The van der Waals surface area contributed by atoms with E-state index in [9.17, 15) is 18.0 Å². The number of aromatic carboxylic acids is 1. The van der Waals surface area contributed by atoms with Gasteiger partial charge in [0.15, 0.2) is 0 Å². The molecular weight excluding hydrogens is 224 g/mol. The van der Waals surface area contributed by atoms with Crippen LogP contribution in [0.2, 0.25) is 0 Å². The van der Waals surface area contributed by atoms with E-state index in [4.69, 9.17) is 5.11 Å². The van der Waals surface area contributed by atoms with Crippen LogP contribution in [0.25, 0.3) is 0 Å². The van der Waals surface area contributed by atoms with Crippen LogP contribution in [0, 0.1) is 0 Å². The number of carboxylic acid groups (broad SMARTS) is 1. The van der Waals surface area contributed by atoms with Crippen molar-refractivity contribution in [3.05, 3.63) is 23.8 Å². The Morgan fingerprint density at radius 2 is 2.00 bits per heavy atom. The topological polar surface area (TPSA) is 114 Å². The molecular formula is C7H6N2O5S. The number of carbonyl (C=O) groups is 2. The Balaban J connectivity index is 3.23. The fourth-order valence-corrected chi connectivity index (χ4v) is 1.26. The molecule has 8 heteroatoms. The van der Waals surface area contributed by atoms with Crippen LogP contribution >= 0.6 is 0 Å². The number of carboxylic acids is 1. The molecule has 15 heavy (non-hydrogen) atoms. The van der Waals surface area contributed by atoms with Crippen LogP contribution in [0.3, 0.4) is 0 Å². The second-order valence-corrected chi connectivity index (χ2v) is 4.55. The molecule has 1 rings (SSSR count). The van der Waals surface area contributed by atoms with Gasteiger partial charge in [-0.3, -0.25) is 4.79 Å². The van der Waals surface area contributed by atoms with Crippen molar-refractivity contribution in [3.8, 4) is 0 Å². The van der Waals surface area contributed by atoms with Crippen molar-refractivity contribution in [1.29, 1.82) is 0 Å². The maximum absolute atomic E-state index is 11.2. The van der Waals surface area contributed by atoms with Gasteiger partial charge >= 0.3 is 5.97 Å². The summed E-state index contributed by atoms with van der Waals surface area (Å²) in [6.07, 6.45) is 1.73. The summed E-state index contributed by atoms with van der Waals surface area (Å²) >= 11 is 0. The normalized spacial score (nSPS) is 11.0. The van der Waals surface area contributed by atoms with Gasteiger partial charge in [0.05, 0.1) is 0 Å². The second-order valence-electron chi connectivity index (χ2n) is 2.63. The van der Waals surface area contributed by atoms with Crippen LogP contribution in [0.5, 0.6) is 0 Å². The SMILES string of the molecule is CS(=O)(=O)C(=O)c1ccnc(C(=O)O)n1. The number of nitrogens with zero attached hydrogens (tertiary/aromatic N) is 2. The lowest BCUT2D eigenvalue weighted by Crippen LogP contribution is -2.16. The zero-order valence-electron chi connectivity index (χ0n) is 7.54. The van der Waals surface area contributed by atoms with Gasteiger partial charge in [-0.2, -0.15) is 0 Å². The number of sulfone groups is 1. The highest BCUT2D eigenvalue weighted by atomic mass is 32.2. The lowest BCUT2D eigenvalue weighted by atomic mass is 10.4. The zero-order valence-corrected chi connectivity index (χ0v) is 8.35. The highest BCUT2D eigenvalue weighted by Gasteiger charge is 2.21. The van der Waals surface area contributed by atoms with Crippen molar-refractivity contribution in [3.63, 3.8) is 0 Å². The largest absolute Gasteiger partial charge is 0.475 e. The summed E-state index contributed by atoms with van der Waals surface area (Å²) < 4.78 is 21.7. The molecule has 0 aromatic carbocycles. The Bertz CT molecular complexity index is 522. The summed E-state index contributed by atoms with van der Waals surface area (Å²) in [4.78, 5) is 28.3. The summed E-state index contributed by atoms with van der Waals surface area (Å²) in [5.74, 6) is -2.05. The van der Waals surface area contributed by atoms with Gasteiger partial charge < -0.3 is 5.11 Å². The molecule has 1 N–H and O–H groups in total. The number of hydrogen-bond acceptors (Lipinski definition) is 6. The van der Waals surface area contributed by atoms with E-state index in [1.165, 1.54) is 0 Å². The standard InChI is InChI=1S/C7H6N2O5S/c1-15(13,14)7(12)4-2-3-8-5(9-4)6(10)11/h2-3H,1H3,(H,10,11). The van der Waals surface area contributed by atoms with E-state index in [-0.39, 0.29) is 0 Å². The Morgan fingerprint density at radius 1 is 1.40 bits per heavy atom. The second kappa shape index (κ2) is 3.73. The highest BCUT2D eigenvalue weighted by Crippen LogP contribution is 2.01. The summed E-state index contributed by atoms with van der Waals surface area (Å²) in [6.45, 7) is 0. The third-order valence-electron chi connectivity index (χ3n) is 1.39. The van der Waals surface area contributed by atoms with Crippen LogP contribution in [0.1, 0.15) is 21.1 Å². The molecule has 0 aliphatic rings. The molecule has 7 nitrogen and oxygen atoms in total. The van der Waals surface area contributed by atoms with Crippen molar-refractivity contribution in [1.82, 2.24) is 9.97 Å². The number of rotatable bonds is 2. The van der Waals surface area contributed by atoms with E-state index in [1.807, 2.05) is 0 Å². The molecule has 0 saturated carbocycles. The van der Waals surface area contributed by atoms with Crippen LogP contribution in [-0.4, -0.2) is 40.8 Å². The van der Waals surface area contributed by atoms with Crippen molar-refractivity contribution in [2.75, 3.05) is 6.26 Å². The molecule has 1 aromatic heterocycles. The molecule has 0 bridgehead atoms. The van der Waals surface area contributed by atoms with Crippen molar-refractivity contribution < 1.29 is 23.1 Å². The lowest BCUT2D eigenvalue weighted by molar-refractivity contribution is 0.0683. The van der Waals surface area contributed by atoms with Crippen molar-refractivity contribution in [2.24, 2.45) is 0 Å². The average molecular weight is 230 g/mol. The van der Waals surface area contributed by atoms with Gasteiger partial charge in [-0.05, 0) is 6.07 Å². The molecule has 0 fully saturated rings. The molecule has 0 amide bonds. The molecule has 0 atom stereocenters. The van der Waals surface area contributed by atoms with Gasteiger partial charge in [-0.25, -0.2) is 23.2 Å². The molecule has 0 aliphatic heterocycles. The number of hydrogen-bond donors (Lipinski definition) is 1. The third kappa shape index (κ3) is 2.56. The van der Waals surface area contributed by atoms with E-state index in [1.54, 1.807) is 0 Å². The molecule has 0 unspecified atom stereocenters. The van der Waals surface area contributed by atoms with Gasteiger partial charge in [-0.15, -0.1) is 0 Å².